The third-order valence-electron chi connectivity index (χ3n) is 4.20. The van der Waals surface area contributed by atoms with Crippen molar-refractivity contribution in [2.24, 2.45) is 0 Å². The lowest BCUT2D eigenvalue weighted by Gasteiger charge is -2.19. The van der Waals surface area contributed by atoms with E-state index in [-0.39, 0.29) is 10.7 Å². The fourth-order valence-electron chi connectivity index (χ4n) is 2.73. The Bertz CT molecular complexity index is 1260. The van der Waals surface area contributed by atoms with Crippen LogP contribution in [0, 0.1) is 5.82 Å². The quantitative estimate of drug-likeness (QED) is 0.404. The minimum Gasteiger partial charge on any atom is -0.377 e. The van der Waals surface area contributed by atoms with E-state index in [9.17, 15) is 26.0 Å². The first-order valence-electron chi connectivity index (χ1n) is 8.81. The number of benzene rings is 2. The normalized spacial score (nSPS) is 13.0. The average Bonchev–Trinajstić information content (AvgIpc) is 2.70. The Morgan fingerprint density at radius 1 is 1.06 bits per heavy atom. The molecule has 170 valence electrons. The Kier molecular flexibility index (Phi) is 6.82. The molecule has 0 spiro atoms. The maximum atomic E-state index is 14.7. The first-order valence-corrected chi connectivity index (χ1v) is 11.1. The highest BCUT2D eigenvalue weighted by atomic mass is 35.5. The highest BCUT2D eigenvalue weighted by Gasteiger charge is 2.35. The molecule has 6 nitrogen and oxygen atoms in total. The summed E-state index contributed by atoms with van der Waals surface area (Å²) in [7, 11) is -4.65. The zero-order chi connectivity index (χ0) is 23.7. The number of halogens is 6. The molecule has 3 rings (SSSR count). The van der Waals surface area contributed by atoms with Crippen molar-refractivity contribution in [3.05, 3.63) is 75.9 Å². The van der Waals surface area contributed by atoms with E-state index in [1.165, 1.54) is 0 Å². The standard InChI is InChI=1S/C19H14Cl2F4N4O2S/c1-10(11-4-2-3-5-12(11)20)27-15-9-14(22)16(8-13(15)21)32(30,31)29-17-6-7-26-18(28-17)19(23,24)25/h2-10,27H,1H3,(H,26,28,29)/t10-/m0/s1. The van der Waals surface area contributed by atoms with Crippen molar-refractivity contribution < 1.29 is 26.0 Å². The predicted octanol–water partition coefficient (Wildman–Crippen LogP) is 5.92. The summed E-state index contributed by atoms with van der Waals surface area (Å²) in [5.74, 6) is -3.41. The molecule has 1 atom stereocenters. The molecule has 0 aliphatic heterocycles. The zero-order valence-corrected chi connectivity index (χ0v) is 18.4. The summed E-state index contributed by atoms with van der Waals surface area (Å²) in [5, 5.41) is 3.28. The van der Waals surface area contributed by atoms with E-state index in [4.69, 9.17) is 23.2 Å². The molecule has 2 N–H and O–H groups in total. The van der Waals surface area contributed by atoms with Crippen molar-refractivity contribution in [2.45, 2.75) is 24.0 Å². The lowest BCUT2D eigenvalue weighted by Crippen LogP contribution is -2.18. The van der Waals surface area contributed by atoms with Crippen molar-refractivity contribution in [2.75, 3.05) is 10.0 Å². The second-order valence-corrected chi connectivity index (χ2v) is 8.98. The van der Waals surface area contributed by atoms with Crippen LogP contribution in [0.2, 0.25) is 10.0 Å². The van der Waals surface area contributed by atoms with Crippen LogP contribution in [-0.2, 0) is 16.2 Å². The van der Waals surface area contributed by atoms with Gasteiger partial charge in [-0.3, -0.25) is 4.72 Å². The second-order valence-electron chi connectivity index (χ2n) is 6.52. The van der Waals surface area contributed by atoms with Gasteiger partial charge in [0.15, 0.2) is 0 Å². The smallest absolute Gasteiger partial charge is 0.377 e. The molecule has 1 heterocycles. The molecule has 0 radical (unpaired) electrons. The molecule has 3 aromatic rings. The van der Waals surface area contributed by atoms with Gasteiger partial charge in [0.2, 0.25) is 5.82 Å². The molecule has 32 heavy (non-hydrogen) atoms. The van der Waals surface area contributed by atoms with Gasteiger partial charge in [-0.25, -0.2) is 22.8 Å². The summed E-state index contributed by atoms with van der Waals surface area (Å²) in [5.41, 5.74) is 0.796. The van der Waals surface area contributed by atoms with Crippen LogP contribution in [0.1, 0.15) is 24.4 Å². The third kappa shape index (κ3) is 5.40. The number of alkyl halides is 3. The van der Waals surface area contributed by atoms with Gasteiger partial charge in [0.25, 0.3) is 10.0 Å². The van der Waals surface area contributed by atoms with E-state index in [0.29, 0.717) is 10.6 Å². The van der Waals surface area contributed by atoms with Crippen LogP contribution in [0.4, 0.5) is 29.1 Å². The summed E-state index contributed by atoms with van der Waals surface area (Å²) < 4.78 is 79.8. The summed E-state index contributed by atoms with van der Waals surface area (Å²) in [6.45, 7) is 1.75. The molecule has 0 bridgehead atoms. The Labute approximate surface area is 190 Å². The van der Waals surface area contributed by atoms with Gasteiger partial charge in [-0.05, 0) is 36.8 Å². The monoisotopic (exact) mass is 508 g/mol. The lowest BCUT2D eigenvalue weighted by atomic mass is 10.1. The number of aromatic nitrogens is 2. The molecule has 0 saturated heterocycles. The maximum absolute atomic E-state index is 14.7. The van der Waals surface area contributed by atoms with Crippen LogP contribution in [-0.4, -0.2) is 18.4 Å². The van der Waals surface area contributed by atoms with E-state index in [2.05, 4.69) is 15.3 Å². The Hall–Kier alpha value is -2.63. The Balaban J connectivity index is 1.88. The topological polar surface area (TPSA) is 84.0 Å². The third-order valence-corrected chi connectivity index (χ3v) is 6.23. The molecule has 0 unspecified atom stereocenters. The Morgan fingerprint density at radius 2 is 1.75 bits per heavy atom. The number of nitrogens with zero attached hydrogens (tertiary/aromatic N) is 2. The van der Waals surface area contributed by atoms with Crippen LogP contribution in [0.5, 0.6) is 0 Å². The molecule has 0 fully saturated rings. The number of hydrogen-bond acceptors (Lipinski definition) is 5. The fraction of sp³-hybridized carbons (Fsp3) is 0.158. The number of hydrogen-bond donors (Lipinski definition) is 2. The highest BCUT2D eigenvalue weighted by molar-refractivity contribution is 7.92. The molecular weight excluding hydrogens is 495 g/mol. The van der Waals surface area contributed by atoms with Gasteiger partial charge in [-0.15, -0.1) is 0 Å². The zero-order valence-electron chi connectivity index (χ0n) is 16.1. The van der Waals surface area contributed by atoms with Crippen LogP contribution in [0.15, 0.2) is 53.6 Å². The van der Waals surface area contributed by atoms with Gasteiger partial charge in [0.1, 0.15) is 16.5 Å². The second kappa shape index (κ2) is 9.08. The maximum Gasteiger partial charge on any atom is 0.451 e. The minimum atomic E-state index is -4.89. The summed E-state index contributed by atoms with van der Waals surface area (Å²) >= 11 is 12.3. The van der Waals surface area contributed by atoms with Crippen LogP contribution in [0.25, 0.3) is 0 Å². The van der Waals surface area contributed by atoms with Gasteiger partial charge >= 0.3 is 6.18 Å². The van der Waals surface area contributed by atoms with Gasteiger partial charge in [0, 0.05) is 11.2 Å². The van der Waals surface area contributed by atoms with E-state index in [1.807, 2.05) is 0 Å². The van der Waals surface area contributed by atoms with Crippen molar-refractivity contribution in [3.63, 3.8) is 0 Å². The minimum absolute atomic E-state index is 0.0944. The van der Waals surface area contributed by atoms with Gasteiger partial charge in [-0.2, -0.15) is 13.2 Å². The number of rotatable bonds is 6. The summed E-state index contributed by atoms with van der Waals surface area (Å²) in [6.07, 6.45) is -4.16. The van der Waals surface area contributed by atoms with Gasteiger partial charge in [0.05, 0.1) is 16.8 Å². The molecule has 13 heteroatoms. The first kappa shape index (κ1) is 24.0. The predicted molar refractivity (Wildman–Crippen MR) is 113 cm³/mol. The fourth-order valence-corrected chi connectivity index (χ4v) is 4.40. The molecule has 0 amide bonds. The molecule has 1 aromatic heterocycles. The van der Waals surface area contributed by atoms with Crippen molar-refractivity contribution >= 4 is 44.7 Å². The molecule has 0 aliphatic rings. The van der Waals surface area contributed by atoms with Gasteiger partial charge < -0.3 is 5.32 Å². The highest BCUT2D eigenvalue weighted by Crippen LogP contribution is 2.33. The van der Waals surface area contributed by atoms with Crippen molar-refractivity contribution in [3.8, 4) is 0 Å². The summed E-state index contributed by atoms with van der Waals surface area (Å²) in [4.78, 5) is 5.26. The van der Waals surface area contributed by atoms with Crippen molar-refractivity contribution in [1.82, 2.24) is 9.97 Å². The molecule has 0 aliphatic carbocycles. The first-order chi connectivity index (χ1) is 14.9. The molecular formula is C19H14Cl2F4N4O2S. The van der Waals surface area contributed by atoms with E-state index >= 15 is 0 Å². The SMILES string of the molecule is C[C@H](Nc1cc(F)c(S(=O)(=O)Nc2ccnc(C(F)(F)F)n2)cc1Cl)c1ccccc1Cl. The largest absolute Gasteiger partial charge is 0.451 e. The average molecular weight is 509 g/mol. The number of anilines is 2. The van der Waals surface area contributed by atoms with E-state index in [0.717, 1.165) is 24.4 Å². The van der Waals surface area contributed by atoms with Gasteiger partial charge in [-0.1, -0.05) is 41.4 Å². The van der Waals surface area contributed by atoms with Crippen LogP contribution < -0.4 is 10.0 Å². The summed E-state index contributed by atoms with van der Waals surface area (Å²) in [6, 6.07) is 9.14. The molecule has 0 saturated carbocycles. The van der Waals surface area contributed by atoms with E-state index < -0.39 is 44.6 Å². The van der Waals surface area contributed by atoms with E-state index in [1.54, 1.807) is 35.9 Å². The van der Waals surface area contributed by atoms with Crippen molar-refractivity contribution in [1.29, 1.82) is 0 Å². The molecule has 2 aromatic carbocycles. The number of nitrogens with one attached hydrogen (secondary N) is 2. The van der Waals surface area contributed by atoms with Crippen LogP contribution >= 0.6 is 23.2 Å². The van der Waals surface area contributed by atoms with Crippen LogP contribution in [0.3, 0.4) is 0 Å². The Morgan fingerprint density at radius 3 is 2.41 bits per heavy atom. The lowest BCUT2D eigenvalue weighted by molar-refractivity contribution is -0.144. The number of sulfonamides is 1.